The number of pyridine rings is 1. The van der Waals surface area contributed by atoms with Gasteiger partial charge in [0.15, 0.2) is 0 Å². The van der Waals surface area contributed by atoms with Gasteiger partial charge in [-0.25, -0.2) is 4.98 Å². The maximum Gasteiger partial charge on any atom is 0.251 e. The summed E-state index contributed by atoms with van der Waals surface area (Å²) < 4.78 is 3.66. The summed E-state index contributed by atoms with van der Waals surface area (Å²) in [6, 6.07) is 13.3. The highest BCUT2D eigenvalue weighted by Gasteiger charge is 2.18. The maximum atomic E-state index is 12.5. The maximum absolute atomic E-state index is 12.5. The molecule has 0 aliphatic heterocycles. The van der Waals surface area contributed by atoms with Crippen molar-refractivity contribution in [2.24, 2.45) is 18.7 Å². The number of nitrogens with two attached hydrogens (primary N) is 1. The van der Waals surface area contributed by atoms with Crippen LogP contribution in [0.2, 0.25) is 0 Å². The number of fused-ring (bicyclic) bond motifs is 1. The minimum atomic E-state index is -0.497. The molecule has 3 aromatic heterocycles. The van der Waals surface area contributed by atoms with Crippen molar-refractivity contribution >= 4 is 29.2 Å². The molecule has 3 heterocycles. The van der Waals surface area contributed by atoms with E-state index >= 15 is 0 Å². The number of rotatable bonds is 9. The molecule has 0 saturated carbocycles. The Bertz CT molecular complexity index is 1200. The highest BCUT2D eigenvalue weighted by molar-refractivity contribution is 7.98. The number of carbonyl (C=O) groups excluding carboxylic acids is 2. The molecule has 3 N–H and O–H groups in total. The molecule has 2 amide bonds. The lowest BCUT2D eigenvalue weighted by Gasteiger charge is -2.13. The molecule has 0 saturated heterocycles. The van der Waals surface area contributed by atoms with Crippen LogP contribution in [0.3, 0.4) is 0 Å². The summed E-state index contributed by atoms with van der Waals surface area (Å²) in [5.74, 6) is -0.447. The van der Waals surface area contributed by atoms with Gasteiger partial charge in [-0.3, -0.25) is 14.3 Å². The third-order valence-corrected chi connectivity index (χ3v) is 6.11. The van der Waals surface area contributed by atoms with Crippen molar-refractivity contribution in [3.05, 3.63) is 84.1 Å². The normalized spacial score (nSPS) is 12.0. The number of primary amides is 1. The SMILES string of the molecule is Cn1cc(C[C@@H](CNC(=O)c2ccc(SCc3cn4ccccc4n3)cc2)C(N)=O)cn1. The first-order chi connectivity index (χ1) is 15.5. The van der Waals surface area contributed by atoms with Crippen molar-refractivity contribution in [3.63, 3.8) is 0 Å². The van der Waals surface area contributed by atoms with Crippen LogP contribution in [-0.2, 0) is 24.0 Å². The first-order valence-corrected chi connectivity index (χ1v) is 11.2. The minimum absolute atomic E-state index is 0.174. The van der Waals surface area contributed by atoms with Crippen molar-refractivity contribution in [2.45, 2.75) is 17.1 Å². The van der Waals surface area contributed by atoms with E-state index in [0.717, 1.165) is 27.6 Å². The Morgan fingerprint density at radius 3 is 2.66 bits per heavy atom. The number of thioether (sulfide) groups is 1. The first-order valence-electron chi connectivity index (χ1n) is 10.2. The number of imidazole rings is 1. The Kier molecular flexibility index (Phi) is 6.55. The molecule has 0 unspecified atom stereocenters. The number of carbonyl (C=O) groups is 2. The zero-order chi connectivity index (χ0) is 22.5. The molecule has 0 spiro atoms. The van der Waals surface area contributed by atoms with Gasteiger partial charge in [-0.15, -0.1) is 11.8 Å². The number of aromatic nitrogens is 4. The van der Waals surface area contributed by atoms with Crippen LogP contribution in [0.5, 0.6) is 0 Å². The molecule has 164 valence electrons. The van der Waals surface area contributed by atoms with Crippen molar-refractivity contribution in [2.75, 3.05) is 6.54 Å². The van der Waals surface area contributed by atoms with E-state index in [1.807, 2.05) is 60.4 Å². The average molecular weight is 449 g/mol. The highest BCUT2D eigenvalue weighted by atomic mass is 32.2. The van der Waals surface area contributed by atoms with Crippen molar-refractivity contribution in [1.29, 1.82) is 0 Å². The molecule has 9 heteroatoms. The predicted molar refractivity (Wildman–Crippen MR) is 123 cm³/mol. The summed E-state index contributed by atoms with van der Waals surface area (Å²) in [5, 5.41) is 6.91. The number of nitrogens with zero attached hydrogens (tertiary/aromatic N) is 4. The molecule has 0 aliphatic rings. The van der Waals surface area contributed by atoms with Gasteiger partial charge in [0.25, 0.3) is 5.91 Å². The lowest BCUT2D eigenvalue weighted by Crippen LogP contribution is -2.37. The fourth-order valence-electron chi connectivity index (χ4n) is 3.37. The second-order valence-corrected chi connectivity index (χ2v) is 8.60. The molecule has 32 heavy (non-hydrogen) atoms. The quantitative estimate of drug-likeness (QED) is 0.383. The monoisotopic (exact) mass is 448 g/mol. The van der Waals surface area contributed by atoms with E-state index in [1.54, 1.807) is 34.8 Å². The van der Waals surface area contributed by atoms with Crippen LogP contribution in [-0.4, -0.2) is 37.5 Å². The molecule has 4 rings (SSSR count). The number of hydrogen-bond donors (Lipinski definition) is 2. The summed E-state index contributed by atoms with van der Waals surface area (Å²) >= 11 is 1.66. The van der Waals surface area contributed by atoms with Gasteiger partial charge in [0.1, 0.15) is 5.65 Å². The number of hydrogen-bond acceptors (Lipinski definition) is 5. The number of amides is 2. The number of nitrogens with one attached hydrogen (secondary N) is 1. The second kappa shape index (κ2) is 9.69. The molecule has 1 atom stereocenters. The van der Waals surface area contributed by atoms with E-state index in [-0.39, 0.29) is 12.5 Å². The van der Waals surface area contributed by atoms with Gasteiger partial charge in [-0.05, 0) is 48.4 Å². The van der Waals surface area contributed by atoms with Crippen molar-refractivity contribution in [3.8, 4) is 0 Å². The zero-order valence-electron chi connectivity index (χ0n) is 17.6. The van der Waals surface area contributed by atoms with Crippen LogP contribution >= 0.6 is 11.8 Å². The molecule has 4 aromatic rings. The van der Waals surface area contributed by atoms with Gasteiger partial charge in [0.2, 0.25) is 5.91 Å². The topological polar surface area (TPSA) is 107 Å². The van der Waals surface area contributed by atoms with Crippen LogP contribution < -0.4 is 11.1 Å². The lowest BCUT2D eigenvalue weighted by atomic mass is 10.0. The summed E-state index contributed by atoms with van der Waals surface area (Å²) in [6.45, 7) is 0.174. The van der Waals surface area contributed by atoms with E-state index in [4.69, 9.17) is 5.73 Å². The molecule has 0 aliphatic carbocycles. The number of aryl methyl sites for hydroxylation is 1. The largest absolute Gasteiger partial charge is 0.369 e. The Hall–Kier alpha value is -3.59. The van der Waals surface area contributed by atoms with E-state index < -0.39 is 11.8 Å². The summed E-state index contributed by atoms with van der Waals surface area (Å²) in [7, 11) is 1.81. The Morgan fingerprint density at radius 2 is 1.97 bits per heavy atom. The summed E-state index contributed by atoms with van der Waals surface area (Å²) in [6.07, 6.45) is 7.96. The molecular weight excluding hydrogens is 424 g/mol. The molecular formula is C23H24N6O2S. The highest BCUT2D eigenvalue weighted by Crippen LogP contribution is 2.23. The smallest absolute Gasteiger partial charge is 0.251 e. The fraction of sp³-hybridized carbons (Fsp3) is 0.217. The van der Waals surface area contributed by atoms with E-state index in [1.165, 1.54) is 0 Å². The van der Waals surface area contributed by atoms with Crippen LogP contribution in [0.1, 0.15) is 21.6 Å². The average Bonchev–Trinajstić information content (AvgIpc) is 3.40. The number of benzene rings is 1. The first kappa shape index (κ1) is 21.6. The molecule has 0 radical (unpaired) electrons. The predicted octanol–water partition coefficient (Wildman–Crippen LogP) is 2.43. The fourth-order valence-corrected chi connectivity index (χ4v) is 4.15. The van der Waals surface area contributed by atoms with Gasteiger partial charge in [0.05, 0.1) is 17.8 Å². The molecule has 0 bridgehead atoms. The Balaban J connectivity index is 1.30. The van der Waals surface area contributed by atoms with Gasteiger partial charge in [0, 0.05) is 48.4 Å². The Morgan fingerprint density at radius 1 is 1.16 bits per heavy atom. The van der Waals surface area contributed by atoms with Crippen molar-refractivity contribution < 1.29 is 9.59 Å². The van der Waals surface area contributed by atoms with Crippen molar-refractivity contribution in [1.82, 2.24) is 24.5 Å². The lowest BCUT2D eigenvalue weighted by molar-refractivity contribution is -0.121. The van der Waals surface area contributed by atoms with E-state index in [2.05, 4.69) is 15.4 Å². The molecule has 8 nitrogen and oxygen atoms in total. The van der Waals surface area contributed by atoms with Crippen LogP contribution in [0.25, 0.3) is 5.65 Å². The molecule has 0 fully saturated rings. The summed E-state index contributed by atoms with van der Waals surface area (Å²) in [4.78, 5) is 29.9. The van der Waals surface area contributed by atoms with E-state index in [9.17, 15) is 9.59 Å². The minimum Gasteiger partial charge on any atom is -0.369 e. The van der Waals surface area contributed by atoms with Gasteiger partial charge >= 0.3 is 0 Å². The van der Waals surface area contributed by atoms with Crippen LogP contribution in [0.15, 0.2) is 72.1 Å². The van der Waals surface area contributed by atoms with Crippen LogP contribution in [0, 0.1) is 5.92 Å². The van der Waals surface area contributed by atoms with Gasteiger partial charge in [-0.1, -0.05) is 6.07 Å². The standard InChI is InChI=1S/C23H24N6O2S/c1-28-13-16(11-26-28)10-18(22(24)30)12-25-23(31)17-5-7-20(8-6-17)32-15-19-14-29-9-3-2-4-21(29)27-19/h2-9,11,13-14,18H,10,12,15H2,1H3,(H2,24,30)(H,25,31)/t18-/m0/s1. The second-order valence-electron chi connectivity index (χ2n) is 7.55. The molecule has 1 aromatic carbocycles. The van der Waals surface area contributed by atoms with Crippen LogP contribution in [0.4, 0.5) is 0 Å². The third-order valence-electron chi connectivity index (χ3n) is 5.07. The zero-order valence-corrected chi connectivity index (χ0v) is 18.5. The third kappa shape index (κ3) is 5.36. The van der Waals surface area contributed by atoms with E-state index in [0.29, 0.717) is 12.0 Å². The van der Waals surface area contributed by atoms with Gasteiger partial charge in [-0.2, -0.15) is 5.10 Å². The Labute approximate surface area is 189 Å². The summed E-state index contributed by atoms with van der Waals surface area (Å²) in [5.41, 5.74) is 8.87. The van der Waals surface area contributed by atoms with Gasteiger partial charge < -0.3 is 15.5 Å².